The van der Waals surface area contributed by atoms with Gasteiger partial charge in [0.15, 0.2) is 0 Å². The van der Waals surface area contributed by atoms with Gasteiger partial charge in [-0.3, -0.25) is 9.59 Å². The largest absolute Gasteiger partial charge is 0.378 e. The SMILES string of the molecule is O=C(CSc1ccc2c(c1)CCC2)N1CCC(C(=O)N2CCOCC2)CC1. The van der Waals surface area contributed by atoms with Crippen LogP contribution in [0.25, 0.3) is 0 Å². The molecule has 0 unspecified atom stereocenters. The first-order valence-electron chi connectivity index (χ1n) is 10.1. The van der Waals surface area contributed by atoms with Crippen LogP contribution in [0.3, 0.4) is 0 Å². The highest BCUT2D eigenvalue weighted by Crippen LogP contribution is 2.28. The van der Waals surface area contributed by atoms with Crippen molar-refractivity contribution in [2.45, 2.75) is 37.0 Å². The molecule has 2 heterocycles. The molecule has 2 fully saturated rings. The van der Waals surface area contributed by atoms with Crippen LogP contribution in [0, 0.1) is 5.92 Å². The number of amides is 2. The van der Waals surface area contributed by atoms with Crippen molar-refractivity contribution >= 4 is 23.6 Å². The van der Waals surface area contributed by atoms with E-state index in [9.17, 15) is 9.59 Å². The second kappa shape index (κ2) is 8.65. The summed E-state index contributed by atoms with van der Waals surface area (Å²) in [6.45, 7) is 4.09. The second-order valence-corrected chi connectivity index (χ2v) is 8.71. The molecule has 0 spiro atoms. The first kappa shape index (κ1) is 18.8. The average Bonchev–Trinajstić information content (AvgIpc) is 3.20. The molecule has 6 heteroatoms. The van der Waals surface area contributed by atoms with Crippen molar-refractivity contribution in [1.29, 1.82) is 0 Å². The molecule has 0 bridgehead atoms. The molecule has 2 amide bonds. The van der Waals surface area contributed by atoms with Gasteiger partial charge >= 0.3 is 0 Å². The van der Waals surface area contributed by atoms with E-state index in [-0.39, 0.29) is 17.7 Å². The lowest BCUT2D eigenvalue weighted by molar-refractivity contribution is -0.143. The first-order chi connectivity index (χ1) is 13.2. The van der Waals surface area contributed by atoms with Crippen molar-refractivity contribution in [1.82, 2.24) is 9.80 Å². The number of benzene rings is 1. The standard InChI is InChI=1S/C21H28N2O3S/c24-20(15-27-19-5-4-16-2-1-3-18(16)14-19)22-8-6-17(7-9-22)21(25)23-10-12-26-13-11-23/h4-5,14,17H,1-3,6-13,15H2. The third-order valence-corrected chi connectivity index (χ3v) is 6.93. The lowest BCUT2D eigenvalue weighted by atomic mass is 9.95. The Bertz CT molecular complexity index is 695. The molecule has 0 saturated carbocycles. The van der Waals surface area contributed by atoms with E-state index < -0.39 is 0 Å². The molecule has 27 heavy (non-hydrogen) atoms. The zero-order valence-electron chi connectivity index (χ0n) is 15.8. The number of aryl methyl sites for hydroxylation is 2. The third-order valence-electron chi connectivity index (χ3n) is 5.95. The Balaban J connectivity index is 1.23. The maximum absolute atomic E-state index is 12.6. The molecule has 5 nitrogen and oxygen atoms in total. The van der Waals surface area contributed by atoms with Crippen molar-refractivity contribution in [3.05, 3.63) is 29.3 Å². The van der Waals surface area contributed by atoms with E-state index in [1.807, 2.05) is 9.80 Å². The molecule has 146 valence electrons. The summed E-state index contributed by atoms with van der Waals surface area (Å²) < 4.78 is 5.32. The minimum absolute atomic E-state index is 0.0662. The number of hydrogen-bond acceptors (Lipinski definition) is 4. The van der Waals surface area contributed by atoms with Crippen LogP contribution in [0.5, 0.6) is 0 Å². The Hall–Kier alpha value is -1.53. The number of ether oxygens (including phenoxy) is 1. The zero-order chi connectivity index (χ0) is 18.6. The maximum atomic E-state index is 12.6. The summed E-state index contributed by atoms with van der Waals surface area (Å²) in [4.78, 5) is 30.2. The van der Waals surface area contributed by atoms with Gasteiger partial charge in [-0.25, -0.2) is 0 Å². The van der Waals surface area contributed by atoms with Gasteiger partial charge in [0.1, 0.15) is 0 Å². The summed E-state index contributed by atoms with van der Waals surface area (Å²) in [5.74, 6) is 0.994. The van der Waals surface area contributed by atoms with Crippen LogP contribution in [-0.4, -0.2) is 66.8 Å². The Morgan fingerprint density at radius 3 is 2.52 bits per heavy atom. The lowest BCUT2D eigenvalue weighted by Gasteiger charge is -2.35. The number of thioether (sulfide) groups is 1. The highest BCUT2D eigenvalue weighted by Gasteiger charge is 2.30. The minimum Gasteiger partial charge on any atom is -0.378 e. The Morgan fingerprint density at radius 2 is 1.74 bits per heavy atom. The summed E-state index contributed by atoms with van der Waals surface area (Å²) in [6.07, 6.45) is 5.18. The average molecular weight is 389 g/mol. The van der Waals surface area contributed by atoms with Crippen LogP contribution in [-0.2, 0) is 27.2 Å². The number of piperidine rings is 1. The van der Waals surface area contributed by atoms with E-state index >= 15 is 0 Å². The number of carbonyl (C=O) groups excluding carboxylic acids is 2. The molecule has 0 aromatic heterocycles. The zero-order valence-corrected chi connectivity index (χ0v) is 16.6. The highest BCUT2D eigenvalue weighted by molar-refractivity contribution is 8.00. The van der Waals surface area contributed by atoms with Crippen molar-refractivity contribution in [2.24, 2.45) is 5.92 Å². The quantitative estimate of drug-likeness (QED) is 0.743. The highest BCUT2D eigenvalue weighted by atomic mass is 32.2. The van der Waals surface area contributed by atoms with Crippen LogP contribution in [0.15, 0.2) is 23.1 Å². The van der Waals surface area contributed by atoms with Crippen molar-refractivity contribution in [2.75, 3.05) is 45.1 Å². The second-order valence-electron chi connectivity index (χ2n) is 7.67. The number of likely N-dealkylation sites (tertiary alicyclic amines) is 1. The summed E-state index contributed by atoms with van der Waals surface area (Å²) >= 11 is 1.64. The molecule has 3 aliphatic rings. The van der Waals surface area contributed by atoms with Crippen LogP contribution in [0.1, 0.15) is 30.4 Å². The number of rotatable bonds is 4. The lowest BCUT2D eigenvalue weighted by Crippen LogP contribution is -2.47. The fourth-order valence-electron chi connectivity index (χ4n) is 4.29. The molecular weight excluding hydrogens is 360 g/mol. The molecule has 2 saturated heterocycles. The molecule has 1 aromatic rings. The maximum Gasteiger partial charge on any atom is 0.232 e. The van der Waals surface area contributed by atoms with Gasteiger partial charge in [0.25, 0.3) is 0 Å². The topological polar surface area (TPSA) is 49.9 Å². The van der Waals surface area contributed by atoms with E-state index in [2.05, 4.69) is 18.2 Å². The Labute approximate surface area is 165 Å². The predicted molar refractivity (Wildman–Crippen MR) is 106 cm³/mol. The van der Waals surface area contributed by atoms with Gasteiger partial charge in [-0.2, -0.15) is 0 Å². The van der Waals surface area contributed by atoms with E-state index in [0.717, 1.165) is 12.8 Å². The molecule has 4 rings (SSSR count). The third kappa shape index (κ3) is 4.49. The van der Waals surface area contributed by atoms with E-state index in [1.54, 1.807) is 11.8 Å². The molecular formula is C21H28N2O3S. The normalized spacial score (nSPS) is 20.6. The number of carbonyl (C=O) groups is 2. The van der Waals surface area contributed by atoms with Gasteiger partial charge in [-0.15, -0.1) is 11.8 Å². The number of hydrogen-bond donors (Lipinski definition) is 0. The fourth-order valence-corrected chi connectivity index (χ4v) is 5.15. The molecule has 1 aliphatic carbocycles. The predicted octanol–water partition coefficient (Wildman–Crippen LogP) is 2.36. The van der Waals surface area contributed by atoms with Gasteiger partial charge < -0.3 is 14.5 Å². The number of nitrogens with zero attached hydrogens (tertiary/aromatic N) is 2. The fraction of sp³-hybridized carbons (Fsp3) is 0.619. The summed E-state index contributed by atoms with van der Waals surface area (Å²) in [6, 6.07) is 6.63. The van der Waals surface area contributed by atoms with Gasteiger partial charge in [0.2, 0.25) is 11.8 Å². The Morgan fingerprint density at radius 1 is 1.00 bits per heavy atom. The number of morpholine rings is 1. The minimum atomic E-state index is 0.0662. The summed E-state index contributed by atoms with van der Waals surface area (Å²) in [7, 11) is 0. The van der Waals surface area contributed by atoms with Crippen LogP contribution in [0.2, 0.25) is 0 Å². The molecule has 0 radical (unpaired) electrons. The molecule has 1 aromatic carbocycles. The van der Waals surface area contributed by atoms with Crippen molar-refractivity contribution < 1.29 is 14.3 Å². The van der Waals surface area contributed by atoms with Crippen LogP contribution >= 0.6 is 11.8 Å². The van der Waals surface area contributed by atoms with E-state index in [1.165, 1.54) is 35.3 Å². The smallest absolute Gasteiger partial charge is 0.232 e. The monoisotopic (exact) mass is 388 g/mol. The molecule has 0 atom stereocenters. The molecule has 0 N–H and O–H groups in total. The van der Waals surface area contributed by atoms with Gasteiger partial charge in [-0.1, -0.05) is 6.07 Å². The van der Waals surface area contributed by atoms with Crippen LogP contribution in [0.4, 0.5) is 0 Å². The van der Waals surface area contributed by atoms with Gasteiger partial charge in [-0.05, 0) is 55.4 Å². The first-order valence-corrected chi connectivity index (χ1v) is 11.1. The number of fused-ring (bicyclic) bond motifs is 1. The van der Waals surface area contributed by atoms with Crippen LogP contribution < -0.4 is 0 Å². The Kier molecular flexibility index (Phi) is 6.03. The van der Waals surface area contributed by atoms with Gasteiger partial charge in [0.05, 0.1) is 19.0 Å². The molecule has 2 aliphatic heterocycles. The summed E-state index contributed by atoms with van der Waals surface area (Å²) in [5, 5.41) is 0. The van der Waals surface area contributed by atoms with Crippen molar-refractivity contribution in [3.8, 4) is 0 Å². The van der Waals surface area contributed by atoms with E-state index in [4.69, 9.17) is 4.74 Å². The van der Waals surface area contributed by atoms with Crippen molar-refractivity contribution in [3.63, 3.8) is 0 Å². The van der Waals surface area contributed by atoms with E-state index in [0.29, 0.717) is 45.1 Å². The summed E-state index contributed by atoms with van der Waals surface area (Å²) in [5.41, 5.74) is 2.92. The van der Waals surface area contributed by atoms with Gasteiger partial charge in [0, 0.05) is 37.0 Å².